The topological polar surface area (TPSA) is 112 Å². The molecule has 0 saturated heterocycles. The second kappa shape index (κ2) is 5.90. The number of halogens is 1. The highest BCUT2D eigenvalue weighted by atomic mass is 35.5. The fourth-order valence-corrected chi connectivity index (χ4v) is 2.96. The number of rotatable bonds is 3. The van der Waals surface area contributed by atoms with Gasteiger partial charge in [0, 0.05) is 5.02 Å². The zero-order valence-electron chi connectivity index (χ0n) is 11.7. The Morgan fingerprint density at radius 1 is 1.17 bits per heavy atom. The number of benzene rings is 2. The second-order valence-electron chi connectivity index (χ2n) is 4.58. The first-order chi connectivity index (χ1) is 10.9. The third kappa shape index (κ3) is 3.43. The number of anilines is 1. The van der Waals surface area contributed by atoms with Gasteiger partial charge < -0.3 is 4.42 Å². The summed E-state index contributed by atoms with van der Waals surface area (Å²) in [7, 11) is -3.83. The molecule has 9 heteroatoms. The molecule has 23 heavy (non-hydrogen) atoms. The van der Waals surface area contributed by atoms with E-state index in [9.17, 15) is 8.42 Å². The minimum atomic E-state index is -3.83. The van der Waals surface area contributed by atoms with Crippen LogP contribution in [-0.2, 0) is 10.0 Å². The van der Waals surface area contributed by atoms with Gasteiger partial charge in [0.05, 0.1) is 0 Å². The predicted molar refractivity (Wildman–Crippen MR) is 86.4 cm³/mol. The molecule has 0 fully saturated rings. The van der Waals surface area contributed by atoms with Crippen LogP contribution in [-0.4, -0.2) is 19.4 Å². The molecule has 1 heterocycles. The van der Waals surface area contributed by atoms with Crippen LogP contribution >= 0.6 is 11.6 Å². The number of nitrogens with one attached hydrogen (secondary N) is 2. The number of guanidine groups is 1. The monoisotopic (exact) mass is 351 g/mol. The molecule has 0 unspecified atom stereocenters. The van der Waals surface area contributed by atoms with Crippen LogP contribution < -0.4 is 15.4 Å². The maximum atomic E-state index is 12.2. The van der Waals surface area contributed by atoms with Gasteiger partial charge in [-0.05, 0) is 36.4 Å². The van der Waals surface area contributed by atoms with Crippen LogP contribution in [0.25, 0.3) is 11.1 Å². The molecule has 0 saturated carbocycles. The second-order valence-corrected chi connectivity index (χ2v) is 6.70. The van der Waals surface area contributed by atoms with Crippen molar-refractivity contribution in [3.05, 3.63) is 53.6 Å². The van der Waals surface area contributed by atoms with Gasteiger partial charge in [0.1, 0.15) is 10.4 Å². The van der Waals surface area contributed by atoms with Crippen LogP contribution in [0.1, 0.15) is 0 Å². The molecule has 1 aromatic heterocycles. The highest BCUT2D eigenvalue weighted by molar-refractivity contribution is 7.84. The maximum absolute atomic E-state index is 12.2. The lowest BCUT2D eigenvalue weighted by molar-refractivity contribution is -0.268. The molecule has 118 valence electrons. The molecular formula is C14H12ClN4O3S+. The summed E-state index contributed by atoms with van der Waals surface area (Å²) in [6.07, 6.45) is 0. The zero-order chi connectivity index (χ0) is 16.4. The van der Waals surface area contributed by atoms with Crippen molar-refractivity contribution in [3.63, 3.8) is 0 Å². The molecular weight excluding hydrogens is 340 g/mol. The van der Waals surface area contributed by atoms with Crippen molar-refractivity contribution in [2.75, 3.05) is 5.32 Å². The maximum Gasteiger partial charge on any atom is 0.365 e. The van der Waals surface area contributed by atoms with Crippen LogP contribution in [0.4, 0.5) is 6.01 Å². The van der Waals surface area contributed by atoms with E-state index in [1.54, 1.807) is 18.2 Å². The van der Waals surface area contributed by atoms with E-state index in [1.165, 1.54) is 24.3 Å². The van der Waals surface area contributed by atoms with Crippen LogP contribution in [0.15, 0.2) is 57.8 Å². The van der Waals surface area contributed by atoms with Gasteiger partial charge in [0.2, 0.25) is 0 Å². The lowest BCUT2D eigenvalue weighted by Crippen LogP contribution is -2.80. The Bertz CT molecular complexity index is 948. The summed E-state index contributed by atoms with van der Waals surface area (Å²) < 4.78 is 31.9. The van der Waals surface area contributed by atoms with Gasteiger partial charge in [-0.2, -0.15) is 23.1 Å². The third-order valence-corrected chi connectivity index (χ3v) is 4.54. The minimum absolute atomic E-state index is 0.0317. The summed E-state index contributed by atoms with van der Waals surface area (Å²) in [5.41, 5.74) is 6.86. The Morgan fingerprint density at radius 2 is 1.87 bits per heavy atom. The summed E-state index contributed by atoms with van der Waals surface area (Å²) in [5, 5.41) is 3.00. The lowest BCUT2D eigenvalue weighted by atomic mass is 10.3. The van der Waals surface area contributed by atoms with Crippen molar-refractivity contribution < 1.29 is 17.2 Å². The number of nitrogens with zero attached hydrogens (tertiary/aromatic N) is 1. The Morgan fingerprint density at radius 3 is 2.57 bits per heavy atom. The predicted octanol–water partition coefficient (Wildman–Crippen LogP) is 0.677. The summed E-state index contributed by atoms with van der Waals surface area (Å²) >= 11 is 5.74. The third-order valence-electron chi connectivity index (χ3n) is 2.90. The van der Waals surface area contributed by atoms with Gasteiger partial charge in [-0.1, -0.05) is 23.7 Å². The van der Waals surface area contributed by atoms with Crippen molar-refractivity contribution >= 4 is 44.7 Å². The molecule has 0 bridgehead atoms. The number of sulfonamides is 1. The van der Waals surface area contributed by atoms with Crippen molar-refractivity contribution in [1.82, 2.24) is 4.98 Å². The summed E-state index contributed by atoms with van der Waals surface area (Å²) in [6, 6.07) is 12.9. The van der Waals surface area contributed by atoms with Crippen molar-refractivity contribution in [1.29, 1.82) is 0 Å². The molecule has 3 aromatic rings. The Labute approximate surface area is 136 Å². The Balaban J connectivity index is 1.85. The first kappa shape index (κ1) is 15.3. The minimum Gasteiger partial charge on any atom is -0.412 e. The van der Waals surface area contributed by atoms with Crippen LogP contribution in [0.3, 0.4) is 0 Å². The number of fused-ring (bicyclic) bond motifs is 1. The van der Waals surface area contributed by atoms with E-state index in [-0.39, 0.29) is 16.9 Å². The molecule has 0 amide bonds. The van der Waals surface area contributed by atoms with E-state index in [0.29, 0.717) is 16.1 Å². The smallest absolute Gasteiger partial charge is 0.365 e. The Hall–Kier alpha value is -2.58. The molecule has 7 nitrogen and oxygen atoms in total. The molecule has 4 N–H and O–H groups in total. The zero-order valence-corrected chi connectivity index (χ0v) is 13.2. The fourth-order valence-electron chi connectivity index (χ4n) is 1.88. The number of hydrogen-bond donors (Lipinski definition) is 3. The van der Waals surface area contributed by atoms with Crippen LogP contribution in [0.2, 0.25) is 5.02 Å². The SMILES string of the molecule is NC(Nc1nc2ccccc2o1)=[NH+]S(=O)(=O)c1ccc(Cl)cc1. The average Bonchev–Trinajstić information content (AvgIpc) is 2.88. The fraction of sp³-hybridized carbons (Fsp3) is 0. The lowest BCUT2D eigenvalue weighted by Gasteiger charge is -1.99. The summed E-state index contributed by atoms with van der Waals surface area (Å²) in [4.78, 5) is 4.17. The van der Waals surface area contributed by atoms with Gasteiger partial charge >= 0.3 is 22.0 Å². The quantitative estimate of drug-likeness (QED) is 0.472. The normalized spacial score (nSPS) is 12.5. The number of aromatic nitrogens is 1. The molecule has 0 aliphatic carbocycles. The van der Waals surface area contributed by atoms with E-state index in [0.717, 1.165) is 0 Å². The summed E-state index contributed by atoms with van der Waals surface area (Å²) in [6.45, 7) is 0. The molecule has 0 atom stereocenters. The number of para-hydroxylation sites is 2. The first-order valence-corrected chi connectivity index (χ1v) is 8.33. The van der Waals surface area contributed by atoms with Crippen LogP contribution in [0.5, 0.6) is 0 Å². The van der Waals surface area contributed by atoms with Gasteiger partial charge in [-0.25, -0.2) is 0 Å². The van der Waals surface area contributed by atoms with Crippen molar-refractivity contribution in [2.45, 2.75) is 4.90 Å². The van der Waals surface area contributed by atoms with E-state index in [2.05, 4.69) is 14.7 Å². The summed E-state index contributed by atoms with van der Waals surface area (Å²) in [5.74, 6) is -0.230. The number of nitrogens with two attached hydrogens (primary N) is 1. The van der Waals surface area contributed by atoms with E-state index in [1.807, 2.05) is 6.07 Å². The standard InChI is InChI=1S/C14H11ClN4O3S/c15-9-5-7-10(8-6-9)23(20,21)19-13(16)18-14-17-11-3-1-2-4-12(11)22-14/h1-8H,(H3,16,17,18,19)/p+1. The molecule has 0 radical (unpaired) electrons. The number of hydrogen-bond acceptors (Lipinski definition) is 4. The average molecular weight is 352 g/mol. The molecule has 2 aromatic carbocycles. The molecule has 0 spiro atoms. The highest BCUT2D eigenvalue weighted by Gasteiger charge is 2.17. The van der Waals surface area contributed by atoms with Gasteiger partial charge in [-0.15, -0.1) is 0 Å². The van der Waals surface area contributed by atoms with Gasteiger partial charge in [-0.3, -0.25) is 5.73 Å². The molecule has 0 aliphatic heterocycles. The largest absolute Gasteiger partial charge is 0.412 e. The Kier molecular flexibility index (Phi) is 3.93. The van der Waals surface area contributed by atoms with Crippen molar-refractivity contribution in [3.8, 4) is 0 Å². The van der Waals surface area contributed by atoms with Gasteiger partial charge in [0.15, 0.2) is 5.58 Å². The van der Waals surface area contributed by atoms with E-state index >= 15 is 0 Å². The molecule has 0 aliphatic rings. The van der Waals surface area contributed by atoms with Crippen molar-refractivity contribution in [2.24, 2.45) is 5.73 Å². The van der Waals surface area contributed by atoms with Gasteiger partial charge in [0.25, 0.3) is 0 Å². The van der Waals surface area contributed by atoms with E-state index < -0.39 is 10.0 Å². The number of oxazole rings is 1. The molecule has 3 rings (SSSR count). The van der Waals surface area contributed by atoms with E-state index in [4.69, 9.17) is 21.8 Å². The van der Waals surface area contributed by atoms with Crippen LogP contribution in [0, 0.1) is 0 Å². The highest BCUT2D eigenvalue weighted by Crippen LogP contribution is 2.17. The first-order valence-electron chi connectivity index (χ1n) is 6.47.